The molecular weight excluding hydrogens is 276 g/mol. The summed E-state index contributed by atoms with van der Waals surface area (Å²) in [7, 11) is 0. The SMILES string of the molecule is O=C(Nc1cccnc1Br)C1CCCS1. The number of aromatic nitrogens is 1. The first-order valence-electron chi connectivity index (χ1n) is 4.80. The number of rotatable bonds is 2. The number of hydrogen-bond acceptors (Lipinski definition) is 3. The van der Waals surface area contributed by atoms with Crippen LogP contribution in [0.4, 0.5) is 5.69 Å². The molecule has 2 rings (SSSR count). The zero-order chi connectivity index (χ0) is 10.7. The highest BCUT2D eigenvalue weighted by molar-refractivity contribution is 9.10. The van der Waals surface area contributed by atoms with Crippen LogP contribution in [0.1, 0.15) is 12.8 Å². The molecule has 1 aliphatic heterocycles. The Morgan fingerprint density at radius 3 is 3.20 bits per heavy atom. The molecule has 0 aromatic carbocycles. The summed E-state index contributed by atoms with van der Waals surface area (Å²) in [5.41, 5.74) is 0.745. The lowest BCUT2D eigenvalue weighted by molar-refractivity contribution is -0.115. The Morgan fingerprint density at radius 2 is 2.53 bits per heavy atom. The summed E-state index contributed by atoms with van der Waals surface area (Å²) in [6, 6.07) is 3.65. The number of carbonyl (C=O) groups is 1. The van der Waals surface area contributed by atoms with Gasteiger partial charge in [0.05, 0.1) is 10.9 Å². The number of pyridine rings is 1. The van der Waals surface area contributed by atoms with Gasteiger partial charge in [-0.1, -0.05) is 0 Å². The van der Waals surface area contributed by atoms with Gasteiger partial charge in [-0.3, -0.25) is 4.79 Å². The number of thioether (sulfide) groups is 1. The highest BCUT2D eigenvalue weighted by atomic mass is 79.9. The van der Waals surface area contributed by atoms with Gasteiger partial charge in [0.1, 0.15) is 4.60 Å². The van der Waals surface area contributed by atoms with Crippen LogP contribution >= 0.6 is 27.7 Å². The van der Waals surface area contributed by atoms with Gasteiger partial charge in [0.25, 0.3) is 0 Å². The molecule has 1 aromatic rings. The minimum atomic E-state index is 0.0891. The lowest BCUT2D eigenvalue weighted by Crippen LogP contribution is -2.23. The van der Waals surface area contributed by atoms with Crippen LogP contribution in [-0.4, -0.2) is 21.9 Å². The molecule has 1 aromatic heterocycles. The second-order valence-electron chi connectivity index (χ2n) is 3.33. The third-order valence-corrected chi connectivity index (χ3v) is 4.25. The predicted octanol–water partition coefficient (Wildman–Crippen LogP) is 2.68. The zero-order valence-electron chi connectivity index (χ0n) is 8.07. The molecule has 80 valence electrons. The fourth-order valence-corrected chi connectivity index (χ4v) is 2.99. The van der Waals surface area contributed by atoms with Gasteiger partial charge in [-0.2, -0.15) is 0 Å². The van der Waals surface area contributed by atoms with Crippen LogP contribution in [0.5, 0.6) is 0 Å². The van der Waals surface area contributed by atoms with E-state index in [1.165, 1.54) is 0 Å². The molecule has 0 bridgehead atoms. The van der Waals surface area contributed by atoms with E-state index >= 15 is 0 Å². The molecule has 1 N–H and O–H groups in total. The summed E-state index contributed by atoms with van der Waals surface area (Å²) >= 11 is 5.03. The van der Waals surface area contributed by atoms with E-state index in [0.29, 0.717) is 4.60 Å². The molecule has 1 amide bonds. The van der Waals surface area contributed by atoms with Crippen molar-refractivity contribution in [3.8, 4) is 0 Å². The lowest BCUT2D eigenvalue weighted by Gasteiger charge is -2.10. The molecule has 1 aliphatic rings. The van der Waals surface area contributed by atoms with Crippen molar-refractivity contribution in [1.29, 1.82) is 0 Å². The van der Waals surface area contributed by atoms with E-state index < -0.39 is 0 Å². The average Bonchev–Trinajstić information content (AvgIpc) is 2.74. The van der Waals surface area contributed by atoms with Gasteiger partial charge in [0.15, 0.2) is 0 Å². The molecule has 15 heavy (non-hydrogen) atoms. The van der Waals surface area contributed by atoms with Crippen molar-refractivity contribution in [3.05, 3.63) is 22.9 Å². The summed E-state index contributed by atoms with van der Waals surface area (Å²) in [6.45, 7) is 0. The number of amides is 1. The van der Waals surface area contributed by atoms with Crippen LogP contribution in [0, 0.1) is 0 Å². The summed E-state index contributed by atoms with van der Waals surface area (Å²) in [4.78, 5) is 15.8. The molecule has 0 aliphatic carbocycles. The van der Waals surface area contributed by atoms with E-state index in [4.69, 9.17) is 0 Å². The molecule has 1 fully saturated rings. The van der Waals surface area contributed by atoms with Gasteiger partial charge in [-0.05, 0) is 46.7 Å². The first-order chi connectivity index (χ1) is 7.27. The van der Waals surface area contributed by atoms with Crippen molar-refractivity contribution < 1.29 is 4.79 Å². The molecule has 0 saturated carbocycles. The van der Waals surface area contributed by atoms with Crippen molar-refractivity contribution in [3.63, 3.8) is 0 Å². The van der Waals surface area contributed by atoms with E-state index in [0.717, 1.165) is 24.3 Å². The third kappa shape index (κ3) is 2.72. The molecule has 1 atom stereocenters. The second-order valence-corrected chi connectivity index (χ2v) is 5.39. The molecular formula is C10H11BrN2OS. The molecule has 0 radical (unpaired) electrons. The first-order valence-corrected chi connectivity index (χ1v) is 6.64. The van der Waals surface area contributed by atoms with E-state index in [1.807, 2.05) is 12.1 Å². The summed E-state index contributed by atoms with van der Waals surface area (Å²) in [6.07, 6.45) is 3.80. The maximum atomic E-state index is 11.8. The highest BCUT2D eigenvalue weighted by Crippen LogP contribution is 2.28. The lowest BCUT2D eigenvalue weighted by atomic mass is 10.2. The fourth-order valence-electron chi connectivity index (χ4n) is 1.48. The maximum absolute atomic E-state index is 11.8. The Labute approximate surface area is 101 Å². The Hall–Kier alpha value is -0.550. The van der Waals surface area contributed by atoms with Gasteiger partial charge >= 0.3 is 0 Å². The van der Waals surface area contributed by atoms with Crippen LogP contribution in [-0.2, 0) is 4.79 Å². The number of nitrogens with zero attached hydrogens (tertiary/aromatic N) is 1. The molecule has 1 saturated heterocycles. The van der Waals surface area contributed by atoms with Gasteiger partial charge in [-0.25, -0.2) is 4.98 Å². The first kappa shape index (κ1) is 11.0. The summed E-state index contributed by atoms with van der Waals surface area (Å²) < 4.78 is 0.682. The number of anilines is 1. The standard InChI is InChI=1S/C10H11BrN2OS/c11-9-7(3-1-5-12-9)13-10(14)8-4-2-6-15-8/h1,3,5,8H,2,4,6H2,(H,13,14). The second kappa shape index (κ2) is 4.99. The van der Waals surface area contributed by atoms with E-state index in [2.05, 4.69) is 26.2 Å². The van der Waals surface area contributed by atoms with Gasteiger partial charge < -0.3 is 5.32 Å². The summed E-state index contributed by atoms with van der Waals surface area (Å²) in [5, 5.41) is 2.99. The van der Waals surface area contributed by atoms with Gasteiger partial charge in [-0.15, -0.1) is 11.8 Å². The molecule has 1 unspecified atom stereocenters. The van der Waals surface area contributed by atoms with Crippen LogP contribution < -0.4 is 5.32 Å². The number of halogens is 1. The number of hydrogen-bond donors (Lipinski definition) is 1. The van der Waals surface area contributed by atoms with Crippen molar-refractivity contribution in [1.82, 2.24) is 4.98 Å². The Balaban J connectivity index is 2.02. The third-order valence-electron chi connectivity index (χ3n) is 2.24. The summed E-state index contributed by atoms with van der Waals surface area (Å²) in [5.74, 6) is 1.18. The van der Waals surface area contributed by atoms with Crippen LogP contribution in [0.15, 0.2) is 22.9 Å². The van der Waals surface area contributed by atoms with Crippen LogP contribution in [0.2, 0.25) is 0 Å². The minimum absolute atomic E-state index is 0.0891. The Bertz CT molecular complexity index is 366. The van der Waals surface area contributed by atoms with Crippen molar-refractivity contribution >= 4 is 39.3 Å². The molecule has 5 heteroatoms. The fraction of sp³-hybridized carbons (Fsp3) is 0.400. The van der Waals surface area contributed by atoms with Crippen molar-refractivity contribution in [2.45, 2.75) is 18.1 Å². The smallest absolute Gasteiger partial charge is 0.237 e. The van der Waals surface area contributed by atoms with Crippen molar-refractivity contribution in [2.75, 3.05) is 11.1 Å². The topological polar surface area (TPSA) is 42.0 Å². The Kier molecular flexibility index (Phi) is 3.64. The Morgan fingerprint density at radius 1 is 1.67 bits per heavy atom. The normalized spacial score (nSPS) is 20.2. The predicted molar refractivity (Wildman–Crippen MR) is 66.0 cm³/mol. The van der Waals surface area contributed by atoms with Gasteiger partial charge in [0.2, 0.25) is 5.91 Å². The maximum Gasteiger partial charge on any atom is 0.237 e. The number of nitrogens with one attached hydrogen (secondary N) is 1. The van der Waals surface area contributed by atoms with Crippen molar-refractivity contribution in [2.24, 2.45) is 0 Å². The zero-order valence-corrected chi connectivity index (χ0v) is 10.5. The number of carbonyl (C=O) groups excluding carboxylic acids is 1. The quantitative estimate of drug-likeness (QED) is 0.850. The average molecular weight is 287 g/mol. The van der Waals surface area contributed by atoms with Crippen LogP contribution in [0.3, 0.4) is 0 Å². The van der Waals surface area contributed by atoms with E-state index in [1.54, 1.807) is 18.0 Å². The molecule has 2 heterocycles. The molecule has 0 spiro atoms. The van der Waals surface area contributed by atoms with Gasteiger partial charge in [0, 0.05) is 6.20 Å². The van der Waals surface area contributed by atoms with E-state index in [-0.39, 0.29) is 11.2 Å². The molecule has 3 nitrogen and oxygen atoms in total. The largest absolute Gasteiger partial charge is 0.323 e. The monoisotopic (exact) mass is 286 g/mol. The highest BCUT2D eigenvalue weighted by Gasteiger charge is 2.23. The van der Waals surface area contributed by atoms with Crippen LogP contribution in [0.25, 0.3) is 0 Å². The minimum Gasteiger partial charge on any atom is -0.323 e. The van der Waals surface area contributed by atoms with E-state index in [9.17, 15) is 4.79 Å².